The number of nitrogens with zero attached hydrogens (tertiary/aromatic N) is 5. The molecule has 0 bridgehead atoms. The van der Waals surface area contributed by atoms with Gasteiger partial charge < -0.3 is 14.8 Å². The molecule has 2 aliphatic rings. The van der Waals surface area contributed by atoms with Gasteiger partial charge in [0.15, 0.2) is 11.2 Å². The van der Waals surface area contributed by atoms with Gasteiger partial charge in [-0.2, -0.15) is 13.8 Å². The molecular weight excluding hydrogens is 534 g/mol. The fourth-order valence-corrected chi connectivity index (χ4v) is 5.45. The van der Waals surface area contributed by atoms with Crippen LogP contribution in [0.1, 0.15) is 25.8 Å². The molecule has 2 saturated heterocycles. The lowest BCUT2D eigenvalue weighted by Crippen LogP contribution is -2.43. The van der Waals surface area contributed by atoms with Gasteiger partial charge in [-0.3, -0.25) is 13.9 Å². The molecule has 11 heteroatoms. The van der Waals surface area contributed by atoms with Crippen LogP contribution in [0, 0.1) is 5.92 Å². The van der Waals surface area contributed by atoms with Gasteiger partial charge in [-0.25, -0.2) is 4.79 Å². The molecule has 1 aromatic carbocycles. The van der Waals surface area contributed by atoms with Crippen LogP contribution in [0.4, 0.5) is 14.7 Å². The van der Waals surface area contributed by atoms with E-state index in [1.807, 2.05) is 19.9 Å². The molecule has 4 heterocycles. The SMILES string of the molecule is CC(C)=CCn1c(N2C[C@@H]3CCN[C@@H]3C2)nc2c1c(=O)n(CC(F)(F)c1ccc(Br)cc1)c(=O)n2C. The van der Waals surface area contributed by atoms with E-state index in [0.717, 1.165) is 31.6 Å². The predicted octanol–water partition coefficient (Wildman–Crippen LogP) is 3.22. The molecule has 0 unspecified atom stereocenters. The van der Waals surface area contributed by atoms with Crippen molar-refractivity contribution in [3.63, 3.8) is 0 Å². The molecule has 1 N–H and O–H groups in total. The lowest BCUT2D eigenvalue weighted by Gasteiger charge is -2.20. The van der Waals surface area contributed by atoms with Crippen molar-refractivity contribution in [3.05, 3.63) is 66.8 Å². The zero-order chi connectivity index (χ0) is 25.8. The Morgan fingerprint density at radius 2 is 1.92 bits per heavy atom. The van der Waals surface area contributed by atoms with Crippen LogP contribution in [-0.4, -0.2) is 44.4 Å². The molecule has 0 saturated carbocycles. The number of aryl methyl sites for hydroxylation is 1. The molecular formula is C25H29BrF2N6O2. The van der Waals surface area contributed by atoms with Crippen LogP contribution in [0.25, 0.3) is 11.2 Å². The first-order valence-electron chi connectivity index (χ1n) is 12.0. The number of hydrogen-bond donors (Lipinski definition) is 1. The fourth-order valence-electron chi connectivity index (χ4n) is 5.18. The van der Waals surface area contributed by atoms with Crippen molar-refractivity contribution in [3.8, 4) is 0 Å². The summed E-state index contributed by atoms with van der Waals surface area (Å²) in [5.41, 5.74) is -0.438. The van der Waals surface area contributed by atoms with E-state index in [2.05, 4.69) is 26.1 Å². The third-order valence-corrected chi connectivity index (χ3v) is 7.69. The Labute approximate surface area is 215 Å². The van der Waals surface area contributed by atoms with Crippen LogP contribution in [0.3, 0.4) is 0 Å². The summed E-state index contributed by atoms with van der Waals surface area (Å²) in [5, 5.41) is 3.51. The monoisotopic (exact) mass is 562 g/mol. The van der Waals surface area contributed by atoms with Crippen molar-refractivity contribution in [2.45, 2.75) is 45.3 Å². The summed E-state index contributed by atoms with van der Waals surface area (Å²) in [6.07, 6.45) is 3.04. The van der Waals surface area contributed by atoms with Crippen LogP contribution in [0.15, 0.2) is 50.0 Å². The molecule has 8 nitrogen and oxygen atoms in total. The number of hydrogen-bond acceptors (Lipinski definition) is 5. The number of halogens is 3. The molecule has 0 spiro atoms. The van der Waals surface area contributed by atoms with E-state index in [4.69, 9.17) is 4.98 Å². The molecule has 2 aliphatic heterocycles. The first-order valence-corrected chi connectivity index (χ1v) is 12.8. The Hall–Kier alpha value is -2.79. The standard InChI is InChI=1S/C25H29BrF2N6O2/c1-15(2)9-11-33-20-21(30-23(33)32-12-16-8-10-29-19(16)13-32)31(3)24(36)34(22(20)35)14-25(27,28)17-4-6-18(26)7-5-17/h4-7,9,16,19,29H,8,10-14H2,1-3H3/t16-,19+/m0/s1. The largest absolute Gasteiger partial charge is 0.340 e. The Balaban J connectivity index is 1.64. The van der Waals surface area contributed by atoms with Gasteiger partial charge in [0.1, 0.15) is 0 Å². The van der Waals surface area contributed by atoms with Crippen molar-refractivity contribution < 1.29 is 8.78 Å². The fraction of sp³-hybridized carbons (Fsp3) is 0.480. The molecule has 2 aromatic heterocycles. The third kappa shape index (κ3) is 4.32. The van der Waals surface area contributed by atoms with E-state index >= 15 is 8.78 Å². The third-order valence-electron chi connectivity index (χ3n) is 7.16. The van der Waals surface area contributed by atoms with Crippen molar-refractivity contribution >= 4 is 33.0 Å². The van der Waals surface area contributed by atoms with Gasteiger partial charge in [0, 0.05) is 42.8 Å². The molecule has 5 rings (SSSR count). The minimum Gasteiger partial charge on any atom is -0.340 e. The highest BCUT2D eigenvalue weighted by atomic mass is 79.9. The lowest BCUT2D eigenvalue weighted by molar-refractivity contribution is -0.0244. The van der Waals surface area contributed by atoms with Gasteiger partial charge in [0.2, 0.25) is 5.95 Å². The highest BCUT2D eigenvalue weighted by molar-refractivity contribution is 9.10. The normalized spacial score (nSPS) is 19.8. The van der Waals surface area contributed by atoms with Gasteiger partial charge in [-0.05, 0) is 44.9 Å². The van der Waals surface area contributed by atoms with Gasteiger partial charge in [-0.15, -0.1) is 0 Å². The molecule has 0 radical (unpaired) electrons. The minimum absolute atomic E-state index is 0.154. The molecule has 192 valence electrons. The smallest absolute Gasteiger partial charge is 0.332 e. The molecule has 36 heavy (non-hydrogen) atoms. The first kappa shape index (κ1) is 24.9. The first-order chi connectivity index (χ1) is 17.1. The minimum atomic E-state index is -3.42. The molecule has 3 aromatic rings. The summed E-state index contributed by atoms with van der Waals surface area (Å²) in [7, 11) is 1.47. The zero-order valence-corrected chi connectivity index (χ0v) is 22.1. The second-order valence-electron chi connectivity index (χ2n) is 9.93. The number of aromatic nitrogens is 4. The van der Waals surface area contributed by atoms with E-state index < -0.39 is 23.7 Å². The summed E-state index contributed by atoms with van der Waals surface area (Å²) in [5.74, 6) is -2.34. The zero-order valence-electron chi connectivity index (χ0n) is 20.5. The van der Waals surface area contributed by atoms with Crippen molar-refractivity contribution in [2.24, 2.45) is 13.0 Å². The number of imidazole rings is 1. The molecule has 2 atom stereocenters. The second-order valence-corrected chi connectivity index (χ2v) is 10.9. The van der Waals surface area contributed by atoms with E-state index in [0.29, 0.717) is 33.5 Å². The summed E-state index contributed by atoms with van der Waals surface area (Å²) >= 11 is 3.24. The van der Waals surface area contributed by atoms with Crippen LogP contribution in [-0.2, 0) is 26.1 Å². The Morgan fingerprint density at radius 1 is 1.19 bits per heavy atom. The van der Waals surface area contributed by atoms with Crippen LogP contribution >= 0.6 is 15.9 Å². The van der Waals surface area contributed by atoms with Crippen molar-refractivity contribution in [1.29, 1.82) is 0 Å². The molecule has 2 fully saturated rings. The summed E-state index contributed by atoms with van der Waals surface area (Å²) < 4.78 is 34.7. The average Bonchev–Trinajstić information content (AvgIpc) is 3.52. The topological polar surface area (TPSA) is 77.1 Å². The van der Waals surface area contributed by atoms with Gasteiger partial charge >= 0.3 is 5.69 Å². The number of fused-ring (bicyclic) bond motifs is 2. The summed E-state index contributed by atoms with van der Waals surface area (Å²) in [6, 6.07) is 5.94. The quantitative estimate of drug-likeness (QED) is 0.467. The molecule has 0 amide bonds. The van der Waals surface area contributed by atoms with E-state index in [1.165, 1.54) is 35.9 Å². The highest BCUT2D eigenvalue weighted by Gasteiger charge is 2.39. The van der Waals surface area contributed by atoms with E-state index in [-0.39, 0.29) is 16.7 Å². The van der Waals surface area contributed by atoms with Gasteiger partial charge in [0.05, 0.1) is 6.54 Å². The number of alkyl halides is 2. The summed E-state index contributed by atoms with van der Waals surface area (Å²) in [6.45, 7) is 5.72. The number of rotatable bonds is 6. The van der Waals surface area contributed by atoms with Crippen molar-refractivity contribution in [2.75, 3.05) is 24.5 Å². The van der Waals surface area contributed by atoms with Crippen molar-refractivity contribution in [1.82, 2.24) is 24.0 Å². The number of benzene rings is 1. The van der Waals surface area contributed by atoms with Gasteiger partial charge in [0.25, 0.3) is 11.5 Å². The number of anilines is 1. The Bertz CT molecular complexity index is 1440. The number of nitrogens with one attached hydrogen (secondary N) is 1. The predicted molar refractivity (Wildman–Crippen MR) is 139 cm³/mol. The van der Waals surface area contributed by atoms with Crippen LogP contribution < -0.4 is 21.5 Å². The Kier molecular flexibility index (Phi) is 6.40. The van der Waals surface area contributed by atoms with Crippen LogP contribution in [0.5, 0.6) is 0 Å². The molecule has 0 aliphatic carbocycles. The maximum atomic E-state index is 15.2. The Morgan fingerprint density at radius 3 is 2.58 bits per heavy atom. The average molecular weight is 563 g/mol. The number of allylic oxidation sites excluding steroid dienone is 2. The second kappa shape index (κ2) is 9.26. The van der Waals surface area contributed by atoms with E-state index in [9.17, 15) is 9.59 Å². The van der Waals surface area contributed by atoms with Crippen LogP contribution in [0.2, 0.25) is 0 Å². The maximum Gasteiger partial charge on any atom is 0.332 e. The highest BCUT2D eigenvalue weighted by Crippen LogP contribution is 2.32. The van der Waals surface area contributed by atoms with E-state index in [1.54, 1.807) is 4.57 Å². The summed E-state index contributed by atoms with van der Waals surface area (Å²) in [4.78, 5) is 33.6. The lowest BCUT2D eigenvalue weighted by atomic mass is 10.1. The van der Waals surface area contributed by atoms with Gasteiger partial charge in [-0.1, -0.05) is 39.7 Å². The maximum absolute atomic E-state index is 15.2.